The van der Waals surface area contributed by atoms with Crippen LogP contribution in [0.5, 0.6) is 0 Å². The summed E-state index contributed by atoms with van der Waals surface area (Å²) in [6.07, 6.45) is 7.07. The fraction of sp³-hybridized carbons (Fsp3) is 1.00. The van der Waals surface area contributed by atoms with Crippen LogP contribution in [0.25, 0.3) is 0 Å². The normalized spacial score (nSPS) is 21.9. The van der Waals surface area contributed by atoms with E-state index in [-0.39, 0.29) is 0 Å². The van der Waals surface area contributed by atoms with Gasteiger partial charge in [-0.25, -0.2) is 0 Å². The van der Waals surface area contributed by atoms with Gasteiger partial charge in [0, 0.05) is 17.5 Å². The molecule has 1 heterocycles. The Hall–Kier alpha value is 0.310. The van der Waals surface area contributed by atoms with E-state index in [1.54, 1.807) is 0 Å². The Morgan fingerprint density at radius 1 is 1.14 bits per heavy atom. The molecule has 2 heteroatoms. The Kier molecular flexibility index (Phi) is 6.70. The molecule has 0 aromatic carbocycles. The van der Waals surface area contributed by atoms with Crippen molar-refractivity contribution in [1.29, 1.82) is 0 Å². The third-order valence-corrected chi connectivity index (χ3v) is 4.40. The van der Waals surface area contributed by atoms with Gasteiger partial charge in [-0.3, -0.25) is 0 Å². The highest BCUT2D eigenvalue weighted by molar-refractivity contribution is 7.99. The number of likely N-dealkylation sites (tertiary alicyclic amines) is 1. The minimum absolute atomic E-state index is 0.849. The first kappa shape index (κ1) is 12.4. The Morgan fingerprint density at radius 3 is 2.36 bits per heavy atom. The van der Waals surface area contributed by atoms with E-state index in [1.807, 2.05) is 0 Å². The van der Waals surface area contributed by atoms with Crippen molar-refractivity contribution in [1.82, 2.24) is 4.90 Å². The lowest BCUT2D eigenvalue weighted by atomic mass is 10.2. The van der Waals surface area contributed by atoms with Gasteiger partial charge in [0.2, 0.25) is 0 Å². The summed E-state index contributed by atoms with van der Waals surface area (Å²) < 4.78 is 0. The molecule has 1 rings (SSSR count). The summed E-state index contributed by atoms with van der Waals surface area (Å²) in [4.78, 5) is 2.66. The van der Waals surface area contributed by atoms with Gasteiger partial charge in [0.05, 0.1) is 0 Å². The third kappa shape index (κ3) is 5.26. The SMILES string of the molecule is CCC(C)SCCN1CCCCCC1. The van der Waals surface area contributed by atoms with Crippen LogP contribution in [0.15, 0.2) is 0 Å². The molecule has 14 heavy (non-hydrogen) atoms. The van der Waals surface area contributed by atoms with E-state index in [1.165, 1.54) is 57.5 Å². The van der Waals surface area contributed by atoms with Crippen LogP contribution in [0.4, 0.5) is 0 Å². The molecule has 1 aliphatic heterocycles. The number of rotatable bonds is 5. The van der Waals surface area contributed by atoms with Gasteiger partial charge in [0.15, 0.2) is 0 Å². The smallest absolute Gasteiger partial charge is 0.00724 e. The molecule has 1 nitrogen and oxygen atoms in total. The average molecular weight is 215 g/mol. The number of thioether (sulfide) groups is 1. The lowest BCUT2D eigenvalue weighted by molar-refractivity contribution is 0.303. The number of nitrogens with zero attached hydrogens (tertiary/aromatic N) is 1. The Labute approximate surface area is 93.6 Å². The lowest BCUT2D eigenvalue weighted by Crippen LogP contribution is -2.27. The molecule has 0 N–H and O–H groups in total. The van der Waals surface area contributed by atoms with Crippen molar-refractivity contribution in [3.63, 3.8) is 0 Å². The van der Waals surface area contributed by atoms with Crippen molar-refractivity contribution in [2.45, 2.75) is 51.2 Å². The molecule has 0 spiro atoms. The highest BCUT2D eigenvalue weighted by Gasteiger charge is 2.08. The van der Waals surface area contributed by atoms with Gasteiger partial charge in [0.25, 0.3) is 0 Å². The summed E-state index contributed by atoms with van der Waals surface area (Å²) >= 11 is 2.14. The monoisotopic (exact) mass is 215 g/mol. The molecular formula is C12H25NS. The van der Waals surface area contributed by atoms with Gasteiger partial charge in [-0.15, -0.1) is 0 Å². The predicted molar refractivity (Wildman–Crippen MR) is 67.1 cm³/mol. The molecule has 84 valence electrons. The number of hydrogen-bond donors (Lipinski definition) is 0. The zero-order valence-electron chi connectivity index (χ0n) is 9.80. The van der Waals surface area contributed by atoms with Gasteiger partial charge in [-0.1, -0.05) is 26.7 Å². The van der Waals surface area contributed by atoms with Crippen molar-refractivity contribution < 1.29 is 0 Å². The molecule has 0 aliphatic carbocycles. The average Bonchev–Trinajstić information content (AvgIpc) is 2.46. The van der Waals surface area contributed by atoms with Crippen molar-refractivity contribution >= 4 is 11.8 Å². The summed E-state index contributed by atoms with van der Waals surface area (Å²) in [6, 6.07) is 0. The first-order valence-corrected chi connectivity index (χ1v) is 7.21. The maximum Gasteiger partial charge on any atom is 0.00724 e. The third-order valence-electron chi connectivity index (χ3n) is 3.08. The zero-order chi connectivity index (χ0) is 10.2. The Bertz CT molecular complexity index is 130. The molecular weight excluding hydrogens is 190 g/mol. The second kappa shape index (κ2) is 7.58. The summed E-state index contributed by atoms with van der Waals surface area (Å²) in [5.74, 6) is 1.33. The van der Waals surface area contributed by atoms with Crippen LogP contribution < -0.4 is 0 Å². The molecule has 0 aromatic heterocycles. The zero-order valence-corrected chi connectivity index (χ0v) is 10.6. The van der Waals surface area contributed by atoms with Crippen LogP contribution >= 0.6 is 11.8 Å². The van der Waals surface area contributed by atoms with Crippen molar-refractivity contribution in [2.75, 3.05) is 25.4 Å². The van der Waals surface area contributed by atoms with E-state index in [0.29, 0.717) is 0 Å². The standard InChI is InChI=1S/C12H25NS/c1-3-12(2)14-11-10-13-8-6-4-5-7-9-13/h12H,3-11H2,1-2H3. The molecule has 0 saturated carbocycles. The largest absolute Gasteiger partial charge is 0.303 e. The molecule has 1 atom stereocenters. The van der Waals surface area contributed by atoms with Crippen LogP contribution in [0.1, 0.15) is 46.0 Å². The summed E-state index contributed by atoms with van der Waals surface area (Å²) in [7, 11) is 0. The number of hydrogen-bond acceptors (Lipinski definition) is 2. The molecule has 0 bridgehead atoms. The van der Waals surface area contributed by atoms with Gasteiger partial charge in [-0.05, 0) is 32.4 Å². The van der Waals surface area contributed by atoms with Crippen molar-refractivity contribution in [3.8, 4) is 0 Å². The first-order chi connectivity index (χ1) is 6.83. The quantitative estimate of drug-likeness (QED) is 0.691. The van der Waals surface area contributed by atoms with Crippen LogP contribution in [0.2, 0.25) is 0 Å². The topological polar surface area (TPSA) is 3.24 Å². The van der Waals surface area contributed by atoms with Crippen LogP contribution in [0, 0.1) is 0 Å². The van der Waals surface area contributed by atoms with Crippen molar-refractivity contribution in [2.24, 2.45) is 0 Å². The summed E-state index contributed by atoms with van der Waals surface area (Å²) in [5.41, 5.74) is 0. The minimum Gasteiger partial charge on any atom is -0.303 e. The van der Waals surface area contributed by atoms with E-state index in [2.05, 4.69) is 30.5 Å². The van der Waals surface area contributed by atoms with E-state index in [4.69, 9.17) is 0 Å². The Balaban J connectivity index is 2.04. The second-order valence-corrected chi connectivity index (χ2v) is 5.89. The Morgan fingerprint density at radius 2 is 1.79 bits per heavy atom. The van der Waals surface area contributed by atoms with Crippen LogP contribution in [0.3, 0.4) is 0 Å². The molecule has 0 amide bonds. The van der Waals surface area contributed by atoms with E-state index >= 15 is 0 Å². The van der Waals surface area contributed by atoms with Gasteiger partial charge in [-0.2, -0.15) is 11.8 Å². The fourth-order valence-electron chi connectivity index (χ4n) is 1.86. The molecule has 1 fully saturated rings. The highest BCUT2D eigenvalue weighted by Crippen LogP contribution is 2.15. The second-order valence-electron chi connectivity index (χ2n) is 4.35. The summed E-state index contributed by atoms with van der Waals surface area (Å²) in [5, 5.41) is 0.849. The molecule has 0 aromatic rings. The van der Waals surface area contributed by atoms with Crippen LogP contribution in [-0.4, -0.2) is 35.5 Å². The predicted octanol–water partition coefficient (Wildman–Crippen LogP) is 3.39. The first-order valence-electron chi connectivity index (χ1n) is 6.17. The van der Waals surface area contributed by atoms with Gasteiger partial charge >= 0.3 is 0 Å². The molecule has 0 radical (unpaired) electrons. The highest BCUT2D eigenvalue weighted by atomic mass is 32.2. The van der Waals surface area contributed by atoms with Crippen LogP contribution in [-0.2, 0) is 0 Å². The minimum atomic E-state index is 0.849. The van der Waals surface area contributed by atoms with E-state index in [9.17, 15) is 0 Å². The van der Waals surface area contributed by atoms with Crippen molar-refractivity contribution in [3.05, 3.63) is 0 Å². The van der Waals surface area contributed by atoms with Gasteiger partial charge in [0.1, 0.15) is 0 Å². The fourth-order valence-corrected chi connectivity index (χ4v) is 2.86. The summed E-state index contributed by atoms with van der Waals surface area (Å²) in [6.45, 7) is 8.63. The van der Waals surface area contributed by atoms with E-state index < -0.39 is 0 Å². The maximum atomic E-state index is 2.66. The van der Waals surface area contributed by atoms with E-state index in [0.717, 1.165) is 5.25 Å². The lowest BCUT2D eigenvalue weighted by Gasteiger charge is -2.20. The maximum absolute atomic E-state index is 2.66. The molecule has 1 aliphatic rings. The molecule has 1 saturated heterocycles. The van der Waals surface area contributed by atoms with Gasteiger partial charge < -0.3 is 4.90 Å². The molecule has 1 unspecified atom stereocenters.